The van der Waals surface area contributed by atoms with Crippen LogP contribution >= 0.6 is 11.3 Å². The lowest BCUT2D eigenvalue weighted by Gasteiger charge is -2.31. The van der Waals surface area contributed by atoms with Gasteiger partial charge >= 0.3 is 0 Å². The van der Waals surface area contributed by atoms with E-state index in [1.165, 1.54) is 22.4 Å². The summed E-state index contributed by atoms with van der Waals surface area (Å²) in [5, 5.41) is 5.76. The minimum absolute atomic E-state index is 0.288. The molecule has 0 aliphatic carbocycles. The number of thiophene rings is 1. The van der Waals surface area contributed by atoms with Crippen molar-refractivity contribution in [2.24, 2.45) is 0 Å². The number of aryl methyl sites for hydroxylation is 1. The summed E-state index contributed by atoms with van der Waals surface area (Å²) in [5.74, 6) is 1.02. The van der Waals surface area contributed by atoms with Gasteiger partial charge in [-0.05, 0) is 49.9 Å². The van der Waals surface area contributed by atoms with Gasteiger partial charge in [0.25, 0.3) is 0 Å². The predicted molar refractivity (Wildman–Crippen MR) is 97.6 cm³/mol. The molecule has 1 N–H and O–H groups in total. The number of nitrogens with one attached hydrogen (secondary N) is 1. The third kappa shape index (κ3) is 3.94. The molecule has 1 atom stereocenters. The van der Waals surface area contributed by atoms with Gasteiger partial charge in [0.15, 0.2) is 0 Å². The van der Waals surface area contributed by atoms with Crippen molar-refractivity contribution in [1.82, 2.24) is 10.2 Å². The monoisotopic (exact) mass is 330 g/mol. The van der Waals surface area contributed by atoms with Gasteiger partial charge in [-0.15, -0.1) is 11.3 Å². The molecule has 0 spiro atoms. The van der Waals surface area contributed by atoms with Crippen LogP contribution < -0.4 is 10.1 Å². The van der Waals surface area contributed by atoms with Crippen molar-refractivity contribution in [3.8, 4) is 5.75 Å². The highest BCUT2D eigenvalue weighted by Crippen LogP contribution is 2.37. The van der Waals surface area contributed by atoms with Gasteiger partial charge in [-0.3, -0.25) is 4.90 Å². The Morgan fingerprint density at radius 3 is 2.91 bits per heavy atom. The molecule has 0 radical (unpaired) electrons. The Kier molecular flexibility index (Phi) is 5.70. The molecule has 0 amide bonds. The normalized spacial score (nSPS) is 17.7. The molecule has 1 fully saturated rings. The molecule has 3 nitrogen and oxygen atoms in total. The van der Waals surface area contributed by atoms with Gasteiger partial charge < -0.3 is 10.1 Å². The second kappa shape index (κ2) is 7.95. The van der Waals surface area contributed by atoms with Crippen molar-refractivity contribution >= 4 is 11.3 Å². The Bertz CT molecular complexity index is 617. The predicted octanol–water partition coefficient (Wildman–Crippen LogP) is 3.84. The molecule has 3 rings (SSSR count). The van der Waals surface area contributed by atoms with E-state index in [1.807, 2.05) is 11.3 Å². The lowest BCUT2D eigenvalue weighted by Crippen LogP contribution is -2.32. The molecule has 124 valence electrons. The molecule has 4 heteroatoms. The van der Waals surface area contributed by atoms with E-state index in [2.05, 4.69) is 59.8 Å². The number of benzene rings is 1. The van der Waals surface area contributed by atoms with Crippen molar-refractivity contribution in [3.05, 3.63) is 51.7 Å². The fourth-order valence-corrected chi connectivity index (χ4v) is 4.29. The highest BCUT2D eigenvalue weighted by atomic mass is 32.1. The smallest absolute Gasteiger partial charge is 0.124 e. The van der Waals surface area contributed by atoms with Crippen LogP contribution in [0.3, 0.4) is 0 Å². The van der Waals surface area contributed by atoms with Crippen molar-refractivity contribution in [2.75, 3.05) is 32.8 Å². The molecule has 1 aliphatic heterocycles. The second-order valence-electron chi connectivity index (χ2n) is 6.04. The van der Waals surface area contributed by atoms with Crippen molar-refractivity contribution < 1.29 is 4.74 Å². The SMILES string of the molecule is CCOc1ccccc1C(c1cc(C)cs1)N1CCCNCC1. The maximum absolute atomic E-state index is 5.93. The minimum atomic E-state index is 0.288. The fourth-order valence-electron chi connectivity index (χ4n) is 3.24. The van der Waals surface area contributed by atoms with Crippen LogP contribution in [0, 0.1) is 6.92 Å². The van der Waals surface area contributed by atoms with Crippen LogP contribution in [0.5, 0.6) is 5.75 Å². The van der Waals surface area contributed by atoms with Crippen LogP contribution in [0.1, 0.15) is 35.4 Å². The van der Waals surface area contributed by atoms with Crippen LogP contribution in [0.4, 0.5) is 0 Å². The van der Waals surface area contributed by atoms with E-state index in [4.69, 9.17) is 4.74 Å². The van der Waals surface area contributed by atoms with E-state index in [0.29, 0.717) is 6.61 Å². The third-order valence-electron chi connectivity index (χ3n) is 4.27. The molecule has 0 saturated carbocycles. The number of para-hydroxylation sites is 1. The van der Waals surface area contributed by atoms with E-state index >= 15 is 0 Å². The summed E-state index contributed by atoms with van der Waals surface area (Å²) in [6.45, 7) is 9.29. The lowest BCUT2D eigenvalue weighted by atomic mass is 10.0. The van der Waals surface area contributed by atoms with E-state index in [1.54, 1.807) is 0 Å². The van der Waals surface area contributed by atoms with Crippen LogP contribution in [0.25, 0.3) is 0 Å². The molecule has 1 aromatic heterocycles. The number of hydrogen-bond acceptors (Lipinski definition) is 4. The first-order chi connectivity index (χ1) is 11.3. The number of hydrogen-bond donors (Lipinski definition) is 1. The fraction of sp³-hybridized carbons (Fsp3) is 0.474. The Labute approximate surface area is 143 Å². The van der Waals surface area contributed by atoms with E-state index in [0.717, 1.165) is 31.9 Å². The van der Waals surface area contributed by atoms with Gasteiger partial charge in [-0.25, -0.2) is 0 Å². The average molecular weight is 330 g/mol. The molecule has 1 saturated heterocycles. The first-order valence-corrected chi connectivity index (χ1v) is 9.39. The first-order valence-electron chi connectivity index (χ1n) is 8.51. The summed E-state index contributed by atoms with van der Waals surface area (Å²) >= 11 is 1.86. The summed E-state index contributed by atoms with van der Waals surface area (Å²) in [7, 11) is 0. The van der Waals surface area contributed by atoms with Gasteiger partial charge in [-0.1, -0.05) is 18.2 Å². The van der Waals surface area contributed by atoms with Crippen LogP contribution in [-0.2, 0) is 0 Å². The molecule has 1 aromatic carbocycles. The summed E-state index contributed by atoms with van der Waals surface area (Å²) in [5.41, 5.74) is 2.63. The van der Waals surface area contributed by atoms with E-state index < -0.39 is 0 Å². The van der Waals surface area contributed by atoms with Crippen LogP contribution in [0.2, 0.25) is 0 Å². The largest absolute Gasteiger partial charge is 0.494 e. The molecule has 1 unspecified atom stereocenters. The standard InChI is InChI=1S/C19H26N2OS/c1-3-22-17-8-5-4-7-16(17)19(18-13-15(2)14-23-18)21-11-6-9-20-10-12-21/h4-5,7-8,13-14,19-20H,3,6,9-12H2,1-2H3. The highest BCUT2D eigenvalue weighted by Gasteiger charge is 2.26. The summed E-state index contributed by atoms with van der Waals surface area (Å²) in [4.78, 5) is 4.01. The maximum atomic E-state index is 5.93. The van der Waals surface area contributed by atoms with Crippen molar-refractivity contribution in [2.45, 2.75) is 26.3 Å². The highest BCUT2D eigenvalue weighted by molar-refractivity contribution is 7.10. The summed E-state index contributed by atoms with van der Waals surface area (Å²) in [6.07, 6.45) is 1.19. The molecule has 2 heterocycles. The number of ether oxygens (including phenoxy) is 1. The third-order valence-corrected chi connectivity index (χ3v) is 5.38. The Balaban J connectivity index is 2.01. The van der Waals surface area contributed by atoms with Gasteiger partial charge in [0.1, 0.15) is 5.75 Å². The van der Waals surface area contributed by atoms with Crippen molar-refractivity contribution in [3.63, 3.8) is 0 Å². The van der Waals surface area contributed by atoms with Gasteiger partial charge in [0.2, 0.25) is 0 Å². The van der Waals surface area contributed by atoms with E-state index in [9.17, 15) is 0 Å². The number of nitrogens with zero attached hydrogens (tertiary/aromatic N) is 1. The second-order valence-corrected chi connectivity index (χ2v) is 6.98. The molecule has 2 aromatic rings. The van der Waals surface area contributed by atoms with Gasteiger partial charge in [-0.2, -0.15) is 0 Å². The summed E-state index contributed by atoms with van der Waals surface area (Å²) < 4.78 is 5.93. The topological polar surface area (TPSA) is 24.5 Å². The zero-order chi connectivity index (χ0) is 16.1. The summed E-state index contributed by atoms with van der Waals surface area (Å²) in [6, 6.07) is 11.1. The number of rotatable bonds is 5. The molecule has 0 bridgehead atoms. The zero-order valence-electron chi connectivity index (χ0n) is 14.0. The van der Waals surface area contributed by atoms with E-state index in [-0.39, 0.29) is 6.04 Å². The Morgan fingerprint density at radius 2 is 2.13 bits per heavy atom. The molecule has 23 heavy (non-hydrogen) atoms. The minimum Gasteiger partial charge on any atom is -0.494 e. The first kappa shape index (κ1) is 16.5. The molecular weight excluding hydrogens is 304 g/mol. The lowest BCUT2D eigenvalue weighted by molar-refractivity contribution is 0.236. The Morgan fingerprint density at radius 1 is 1.26 bits per heavy atom. The zero-order valence-corrected chi connectivity index (χ0v) is 14.9. The van der Waals surface area contributed by atoms with Crippen LogP contribution in [0.15, 0.2) is 35.7 Å². The van der Waals surface area contributed by atoms with Crippen molar-refractivity contribution in [1.29, 1.82) is 0 Å². The average Bonchev–Trinajstić information content (AvgIpc) is 2.82. The molecular formula is C19H26N2OS. The quantitative estimate of drug-likeness (QED) is 0.901. The van der Waals surface area contributed by atoms with Crippen LogP contribution in [-0.4, -0.2) is 37.7 Å². The van der Waals surface area contributed by atoms with Gasteiger partial charge in [0, 0.05) is 30.1 Å². The maximum Gasteiger partial charge on any atom is 0.124 e. The van der Waals surface area contributed by atoms with Gasteiger partial charge in [0.05, 0.1) is 12.6 Å². The Hall–Kier alpha value is -1.36. The molecule has 1 aliphatic rings.